The van der Waals surface area contributed by atoms with E-state index in [2.05, 4.69) is 0 Å². The zero-order valence-electron chi connectivity index (χ0n) is 18.1. The molecule has 0 spiro atoms. The third-order valence-corrected chi connectivity index (χ3v) is 6.40. The first-order valence-corrected chi connectivity index (χ1v) is 11.3. The van der Waals surface area contributed by atoms with Gasteiger partial charge in [-0.05, 0) is 48.9 Å². The first-order valence-electron chi connectivity index (χ1n) is 10.9. The number of nitrogens with zero attached hydrogens (tertiary/aromatic N) is 2. The average molecular weight is 455 g/mol. The number of piperidine rings is 1. The molecule has 0 bridgehead atoms. The molecule has 32 heavy (non-hydrogen) atoms. The topological polar surface area (TPSA) is 70.1 Å². The molecule has 0 radical (unpaired) electrons. The van der Waals surface area contributed by atoms with Crippen LogP contribution in [-0.2, 0) is 16.0 Å². The summed E-state index contributed by atoms with van der Waals surface area (Å²) >= 11 is 5.97. The third kappa shape index (κ3) is 4.38. The molecule has 0 aromatic heterocycles. The van der Waals surface area contributed by atoms with Crippen molar-refractivity contribution in [2.24, 2.45) is 5.92 Å². The van der Waals surface area contributed by atoms with E-state index in [4.69, 9.17) is 16.3 Å². The molecule has 2 aliphatic rings. The molecule has 2 amide bonds. The van der Waals surface area contributed by atoms with Crippen LogP contribution in [0.15, 0.2) is 54.2 Å². The smallest absolute Gasteiger partial charge is 0.277 e. The van der Waals surface area contributed by atoms with Crippen molar-refractivity contribution in [1.29, 1.82) is 0 Å². The minimum Gasteiger partial charge on any atom is -0.496 e. The first-order chi connectivity index (χ1) is 15.5. The maximum atomic E-state index is 13.6. The number of imide groups is 1. The van der Waals surface area contributed by atoms with Gasteiger partial charge in [0.25, 0.3) is 11.8 Å². The number of aliphatic hydroxyl groups is 1. The largest absolute Gasteiger partial charge is 0.496 e. The van der Waals surface area contributed by atoms with Crippen LogP contribution >= 0.6 is 11.6 Å². The summed E-state index contributed by atoms with van der Waals surface area (Å²) in [4.78, 5) is 30.4. The third-order valence-electron chi connectivity index (χ3n) is 6.15. The maximum Gasteiger partial charge on any atom is 0.277 e. The van der Waals surface area contributed by atoms with Gasteiger partial charge in [-0.2, -0.15) is 0 Å². The van der Waals surface area contributed by atoms with E-state index in [1.54, 1.807) is 25.3 Å². The van der Waals surface area contributed by atoms with Crippen LogP contribution in [0.1, 0.15) is 24.0 Å². The molecule has 2 aromatic carbocycles. The molecular formula is C25H27ClN2O4. The van der Waals surface area contributed by atoms with Gasteiger partial charge in [-0.15, -0.1) is 0 Å². The van der Waals surface area contributed by atoms with Crippen LogP contribution in [0.4, 0.5) is 0 Å². The second kappa shape index (κ2) is 9.76. The van der Waals surface area contributed by atoms with E-state index in [-0.39, 0.29) is 30.9 Å². The number of hydrogen-bond acceptors (Lipinski definition) is 5. The average Bonchev–Trinajstić information content (AvgIpc) is 3.08. The van der Waals surface area contributed by atoms with Gasteiger partial charge in [0.15, 0.2) is 0 Å². The van der Waals surface area contributed by atoms with Crippen LogP contribution in [0.25, 0.3) is 5.57 Å². The van der Waals surface area contributed by atoms with Gasteiger partial charge < -0.3 is 14.7 Å². The second-order valence-corrected chi connectivity index (χ2v) is 8.64. The summed E-state index contributed by atoms with van der Waals surface area (Å²) in [6.45, 7) is 1.57. The van der Waals surface area contributed by atoms with Crippen molar-refractivity contribution in [2.75, 3.05) is 33.4 Å². The van der Waals surface area contributed by atoms with Gasteiger partial charge in [-0.25, -0.2) is 0 Å². The molecule has 7 heteroatoms. The molecule has 6 nitrogen and oxygen atoms in total. The van der Waals surface area contributed by atoms with Crippen molar-refractivity contribution in [3.05, 3.63) is 70.4 Å². The van der Waals surface area contributed by atoms with Crippen LogP contribution in [0.2, 0.25) is 5.02 Å². The molecule has 1 saturated heterocycles. The highest BCUT2D eigenvalue weighted by molar-refractivity contribution is 6.36. The van der Waals surface area contributed by atoms with Crippen molar-refractivity contribution in [2.45, 2.75) is 19.3 Å². The van der Waals surface area contributed by atoms with Crippen molar-refractivity contribution >= 4 is 29.0 Å². The number of halogens is 1. The SMILES string of the molecule is COc1ccccc1C1=C(N2CCCC(CO)C2)C(=O)N(CCc2ccc(Cl)cc2)C1=O. The Morgan fingerprint density at radius 1 is 1.09 bits per heavy atom. The fourth-order valence-electron chi connectivity index (χ4n) is 4.46. The summed E-state index contributed by atoms with van der Waals surface area (Å²) in [6.07, 6.45) is 2.31. The van der Waals surface area contributed by atoms with E-state index in [0.717, 1.165) is 18.4 Å². The summed E-state index contributed by atoms with van der Waals surface area (Å²) < 4.78 is 5.51. The van der Waals surface area contributed by atoms with Crippen molar-refractivity contribution < 1.29 is 19.4 Å². The summed E-state index contributed by atoms with van der Waals surface area (Å²) in [7, 11) is 1.56. The summed E-state index contributed by atoms with van der Waals surface area (Å²) in [5.74, 6) is 0.0376. The lowest BCUT2D eigenvalue weighted by molar-refractivity contribution is -0.137. The van der Waals surface area contributed by atoms with E-state index in [1.165, 1.54) is 4.90 Å². The normalized spacial score (nSPS) is 19.2. The number of hydrogen-bond donors (Lipinski definition) is 1. The van der Waals surface area contributed by atoms with Gasteiger partial charge in [-0.3, -0.25) is 14.5 Å². The molecule has 168 valence electrons. The molecular weight excluding hydrogens is 428 g/mol. The lowest BCUT2D eigenvalue weighted by atomic mass is 9.96. The molecule has 2 aliphatic heterocycles. The number of carbonyl (C=O) groups excluding carboxylic acids is 2. The summed E-state index contributed by atoms with van der Waals surface area (Å²) in [5.41, 5.74) is 2.40. The van der Waals surface area contributed by atoms with E-state index >= 15 is 0 Å². The highest BCUT2D eigenvalue weighted by Crippen LogP contribution is 2.37. The van der Waals surface area contributed by atoms with Gasteiger partial charge in [0.1, 0.15) is 11.4 Å². The Morgan fingerprint density at radius 2 is 1.84 bits per heavy atom. The highest BCUT2D eigenvalue weighted by atomic mass is 35.5. The van der Waals surface area contributed by atoms with Gasteiger partial charge >= 0.3 is 0 Å². The Balaban J connectivity index is 1.68. The Labute approximate surface area is 193 Å². The van der Waals surface area contributed by atoms with E-state index in [0.29, 0.717) is 47.1 Å². The van der Waals surface area contributed by atoms with E-state index < -0.39 is 0 Å². The molecule has 1 fully saturated rings. The van der Waals surface area contributed by atoms with Crippen LogP contribution in [0.5, 0.6) is 5.75 Å². The lowest BCUT2D eigenvalue weighted by Crippen LogP contribution is -2.41. The van der Waals surface area contributed by atoms with Crippen molar-refractivity contribution in [3.8, 4) is 5.75 Å². The fraction of sp³-hybridized carbons (Fsp3) is 0.360. The Hall–Kier alpha value is -2.83. The summed E-state index contributed by atoms with van der Waals surface area (Å²) in [5, 5.41) is 10.3. The van der Waals surface area contributed by atoms with Gasteiger partial charge in [0.2, 0.25) is 0 Å². The number of benzene rings is 2. The Kier molecular flexibility index (Phi) is 6.82. The zero-order chi connectivity index (χ0) is 22.7. The first kappa shape index (κ1) is 22.4. The quantitative estimate of drug-likeness (QED) is 0.649. The van der Waals surface area contributed by atoms with Gasteiger partial charge in [0.05, 0.1) is 12.7 Å². The number of rotatable bonds is 7. The van der Waals surface area contributed by atoms with Crippen LogP contribution < -0.4 is 4.74 Å². The van der Waals surface area contributed by atoms with Crippen LogP contribution in [0.3, 0.4) is 0 Å². The van der Waals surface area contributed by atoms with Crippen molar-refractivity contribution in [1.82, 2.24) is 9.80 Å². The van der Waals surface area contributed by atoms with Gasteiger partial charge in [0, 0.05) is 36.8 Å². The fourth-order valence-corrected chi connectivity index (χ4v) is 4.59. The van der Waals surface area contributed by atoms with E-state index in [9.17, 15) is 14.7 Å². The molecule has 0 aliphatic carbocycles. The molecule has 1 atom stereocenters. The molecule has 2 aromatic rings. The predicted molar refractivity (Wildman–Crippen MR) is 123 cm³/mol. The van der Waals surface area contributed by atoms with Gasteiger partial charge in [-0.1, -0.05) is 41.9 Å². The Morgan fingerprint density at radius 3 is 2.56 bits per heavy atom. The van der Waals surface area contributed by atoms with Crippen molar-refractivity contribution in [3.63, 3.8) is 0 Å². The molecule has 0 saturated carbocycles. The standard InChI is InChI=1S/C25H27ClN2O4/c1-32-21-7-3-2-6-20(21)22-23(27-13-4-5-18(15-27)16-29)25(31)28(24(22)30)14-12-17-8-10-19(26)11-9-17/h2-3,6-11,18,29H,4-5,12-16H2,1H3. The number of ether oxygens (including phenoxy) is 1. The minimum atomic E-state index is -0.311. The number of aliphatic hydroxyl groups excluding tert-OH is 1. The van der Waals surface area contributed by atoms with Crippen LogP contribution in [-0.4, -0.2) is 60.1 Å². The number of carbonyl (C=O) groups is 2. The number of para-hydroxylation sites is 1. The maximum absolute atomic E-state index is 13.6. The monoisotopic (exact) mass is 454 g/mol. The second-order valence-electron chi connectivity index (χ2n) is 8.20. The van der Waals surface area contributed by atoms with Crippen LogP contribution in [0, 0.1) is 5.92 Å². The molecule has 1 unspecified atom stereocenters. The number of methoxy groups -OCH3 is 1. The number of amides is 2. The number of likely N-dealkylation sites (tertiary alicyclic amines) is 1. The molecule has 4 rings (SSSR count). The minimum absolute atomic E-state index is 0.0657. The molecule has 2 heterocycles. The Bertz CT molecular complexity index is 1030. The van der Waals surface area contributed by atoms with E-state index in [1.807, 2.05) is 35.2 Å². The summed E-state index contributed by atoms with van der Waals surface area (Å²) in [6, 6.07) is 14.7. The zero-order valence-corrected chi connectivity index (χ0v) is 18.8. The highest BCUT2D eigenvalue weighted by Gasteiger charge is 2.43. The lowest BCUT2D eigenvalue weighted by Gasteiger charge is -2.34. The predicted octanol–water partition coefficient (Wildman–Crippen LogP) is 3.38. The molecule has 1 N–H and O–H groups in total.